The molecule has 0 unspecified atom stereocenters. The third-order valence-corrected chi connectivity index (χ3v) is 2.46. The molecule has 6 nitrogen and oxygen atoms in total. The number of hydrogen-bond donors (Lipinski definition) is 2. The number of nitrogens with zero attached hydrogens (tertiary/aromatic N) is 3. The quantitative estimate of drug-likeness (QED) is 0.815. The predicted molar refractivity (Wildman–Crippen MR) is 74.5 cm³/mol. The molecule has 0 aliphatic rings. The van der Waals surface area contributed by atoms with E-state index in [4.69, 9.17) is 11.0 Å². The van der Waals surface area contributed by atoms with Gasteiger partial charge in [0.05, 0.1) is 24.0 Å². The summed E-state index contributed by atoms with van der Waals surface area (Å²) in [6, 6.07) is 3.57. The summed E-state index contributed by atoms with van der Waals surface area (Å²) in [6.45, 7) is 4.84. The average molecular weight is 261 g/mol. The topological polar surface area (TPSA) is 95.0 Å². The summed E-state index contributed by atoms with van der Waals surface area (Å²) in [5.74, 6) is 0.758. The van der Waals surface area contributed by atoms with E-state index in [1.54, 1.807) is 18.0 Å². The molecule has 102 valence electrons. The minimum absolute atomic E-state index is 0.0984. The Labute approximate surface area is 113 Å². The summed E-state index contributed by atoms with van der Waals surface area (Å²) in [5, 5.41) is 11.8. The fraction of sp³-hybridized carbons (Fsp3) is 0.462. The van der Waals surface area contributed by atoms with Crippen LogP contribution in [0.25, 0.3) is 0 Å². The van der Waals surface area contributed by atoms with Gasteiger partial charge in [-0.05, 0) is 12.0 Å². The molecule has 0 aromatic carbocycles. The molecule has 3 N–H and O–H groups in total. The van der Waals surface area contributed by atoms with Crippen LogP contribution >= 0.6 is 0 Å². The van der Waals surface area contributed by atoms with Gasteiger partial charge in [-0.3, -0.25) is 4.79 Å². The van der Waals surface area contributed by atoms with Crippen molar-refractivity contribution < 1.29 is 4.79 Å². The molecule has 1 aromatic rings. The Morgan fingerprint density at radius 3 is 2.89 bits per heavy atom. The Morgan fingerprint density at radius 2 is 2.32 bits per heavy atom. The lowest BCUT2D eigenvalue weighted by molar-refractivity contribution is -0.119. The van der Waals surface area contributed by atoms with E-state index in [-0.39, 0.29) is 12.5 Å². The zero-order valence-corrected chi connectivity index (χ0v) is 11.5. The molecule has 0 saturated heterocycles. The Balaban J connectivity index is 2.71. The SMILES string of the molecule is CC(C)CNC(=O)CN(C)c1ncc(N)cc1C#N. The fourth-order valence-electron chi connectivity index (χ4n) is 1.52. The van der Waals surface area contributed by atoms with Crippen LogP contribution in [0.1, 0.15) is 19.4 Å². The van der Waals surface area contributed by atoms with Gasteiger partial charge in [-0.2, -0.15) is 5.26 Å². The van der Waals surface area contributed by atoms with Crippen molar-refractivity contribution in [3.8, 4) is 6.07 Å². The van der Waals surface area contributed by atoms with Crippen molar-refractivity contribution in [2.24, 2.45) is 5.92 Å². The number of anilines is 2. The number of nitrogens with two attached hydrogens (primary N) is 1. The van der Waals surface area contributed by atoms with E-state index >= 15 is 0 Å². The van der Waals surface area contributed by atoms with Crippen molar-refractivity contribution in [3.63, 3.8) is 0 Å². The molecule has 6 heteroatoms. The third kappa shape index (κ3) is 4.47. The first-order chi connectivity index (χ1) is 8.93. The number of nitrogens with one attached hydrogen (secondary N) is 1. The molecule has 1 aromatic heterocycles. The molecule has 0 aliphatic heterocycles. The standard InChI is InChI=1S/C13H19N5O/c1-9(2)6-16-12(19)8-18(3)13-10(5-14)4-11(15)7-17-13/h4,7,9H,6,8,15H2,1-3H3,(H,16,19). The normalized spacial score (nSPS) is 10.1. The van der Waals surface area contributed by atoms with Crippen molar-refractivity contribution in [3.05, 3.63) is 17.8 Å². The van der Waals surface area contributed by atoms with Crippen molar-refractivity contribution in [1.82, 2.24) is 10.3 Å². The highest BCUT2D eigenvalue weighted by Gasteiger charge is 2.13. The number of nitriles is 1. The van der Waals surface area contributed by atoms with Gasteiger partial charge in [-0.1, -0.05) is 13.8 Å². The van der Waals surface area contributed by atoms with Crippen LogP contribution in [0.4, 0.5) is 11.5 Å². The molecule has 0 atom stereocenters. The van der Waals surface area contributed by atoms with Crippen molar-refractivity contribution in [1.29, 1.82) is 5.26 Å². The molecule has 1 heterocycles. The van der Waals surface area contributed by atoms with Gasteiger partial charge in [0, 0.05) is 13.6 Å². The maximum Gasteiger partial charge on any atom is 0.239 e. The first-order valence-corrected chi connectivity index (χ1v) is 6.07. The second kappa shape index (κ2) is 6.59. The van der Waals surface area contributed by atoms with Gasteiger partial charge in [-0.25, -0.2) is 4.98 Å². The summed E-state index contributed by atoms with van der Waals surface area (Å²) >= 11 is 0. The first kappa shape index (κ1) is 14.8. The molecule has 0 aliphatic carbocycles. The number of likely N-dealkylation sites (N-methyl/N-ethyl adjacent to an activating group) is 1. The van der Waals surface area contributed by atoms with Crippen molar-refractivity contribution in [2.75, 3.05) is 30.8 Å². The number of carbonyl (C=O) groups excluding carboxylic acids is 1. The fourth-order valence-corrected chi connectivity index (χ4v) is 1.52. The van der Waals surface area contributed by atoms with E-state index in [1.807, 2.05) is 19.9 Å². The largest absolute Gasteiger partial charge is 0.397 e. The zero-order valence-electron chi connectivity index (χ0n) is 11.5. The summed E-state index contributed by atoms with van der Waals surface area (Å²) < 4.78 is 0. The Bertz CT molecular complexity index is 492. The highest BCUT2D eigenvalue weighted by molar-refractivity contribution is 5.81. The minimum Gasteiger partial charge on any atom is -0.397 e. The Hall–Kier alpha value is -2.29. The van der Waals surface area contributed by atoms with Gasteiger partial charge < -0.3 is 16.0 Å². The molecule has 0 radical (unpaired) electrons. The Kier molecular flexibility index (Phi) is 5.12. The average Bonchev–Trinajstić information content (AvgIpc) is 2.35. The van der Waals surface area contributed by atoms with E-state index in [2.05, 4.69) is 10.3 Å². The van der Waals surface area contributed by atoms with Crippen LogP contribution in [0.2, 0.25) is 0 Å². The highest BCUT2D eigenvalue weighted by Crippen LogP contribution is 2.17. The van der Waals surface area contributed by atoms with Gasteiger partial charge in [0.15, 0.2) is 0 Å². The number of hydrogen-bond acceptors (Lipinski definition) is 5. The van der Waals surface area contributed by atoms with Crippen LogP contribution in [0, 0.1) is 17.2 Å². The van der Waals surface area contributed by atoms with Crippen molar-refractivity contribution >= 4 is 17.4 Å². The summed E-state index contributed by atoms with van der Waals surface area (Å²) in [4.78, 5) is 17.4. The number of amides is 1. The second-order valence-corrected chi connectivity index (χ2v) is 4.81. The van der Waals surface area contributed by atoms with Crippen LogP contribution in [-0.4, -0.2) is 31.0 Å². The van der Waals surface area contributed by atoms with Crippen LogP contribution in [0.15, 0.2) is 12.3 Å². The van der Waals surface area contributed by atoms with Crippen LogP contribution in [0.3, 0.4) is 0 Å². The maximum absolute atomic E-state index is 11.7. The third-order valence-electron chi connectivity index (χ3n) is 2.46. The molecule has 0 spiro atoms. The van der Waals surface area contributed by atoms with E-state index in [0.29, 0.717) is 29.5 Å². The van der Waals surface area contributed by atoms with E-state index in [9.17, 15) is 4.79 Å². The van der Waals surface area contributed by atoms with Crippen molar-refractivity contribution in [2.45, 2.75) is 13.8 Å². The number of rotatable bonds is 5. The van der Waals surface area contributed by atoms with E-state index in [0.717, 1.165) is 0 Å². The highest BCUT2D eigenvalue weighted by atomic mass is 16.2. The minimum atomic E-state index is -0.0984. The monoisotopic (exact) mass is 261 g/mol. The maximum atomic E-state index is 11.7. The number of carbonyl (C=O) groups is 1. The van der Waals surface area contributed by atoms with Gasteiger partial charge in [0.1, 0.15) is 11.9 Å². The number of pyridine rings is 1. The molecule has 0 fully saturated rings. The molecule has 1 rings (SSSR count). The lowest BCUT2D eigenvalue weighted by Crippen LogP contribution is -2.37. The van der Waals surface area contributed by atoms with Gasteiger partial charge >= 0.3 is 0 Å². The molecular formula is C13H19N5O. The molecule has 0 bridgehead atoms. The smallest absolute Gasteiger partial charge is 0.239 e. The molecule has 0 saturated carbocycles. The molecular weight excluding hydrogens is 242 g/mol. The lowest BCUT2D eigenvalue weighted by atomic mass is 10.2. The van der Waals surface area contributed by atoms with Gasteiger partial charge in [0.25, 0.3) is 0 Å². The zero-order chi connectivity index (χ0) is 14.4. The summed E-state index contributed by atoms with van der Waals surface area (Å²) in [7, 11) is 1.72. The Morgan fingerprint density at radius 1 is 1.63 bits per heavy atom. The predicted octanol–water partition coefficient (Wildman–Crippen LogP) is 0.744. The van der Waals surface area contributed by atoms with E-state index < -0.39 is 0 Å². The van der Waals surface area contributed by atoms with Crippen LogP contribution in [0.5, 0.6) is 0 Å². The number of nitrogen functional groups attached to an aromatic ring is 1. The summed E-state index contributed by atoms with van der Waals surface area (Å²) in [5.41, 5.74) is 6.36. The number of aromatic nitrogens is 1. The summed E-state index contributed by atoms with van der Waals surface area (Å²) in [6.07, 6.45) is 1.47. The second-order valence-electron chi connectivity index (χ2n) is 4.81. The van der Waals surface area contributed by atoms with Crippen LogP contribution in [-0.2, 0) is 4.79 Å². The molecule has 1 amide bonds. The first-order valence-electron chi connectivity index (χ1n) is 6.07. The van der Waals surface area contributed by atoms with Gasteiger partial charge in [0.2, 0.25) is 5.91 Å². The molecule has 19 heavy (non-hydrogen) atoms. The van der Waals surface area contributed by atoms with Crippen LogP contribution < -0.4 is 16.0 Å². The lowest BCUT2D eigenvalue weighted by Gasteiger charge is -2.19. The van der Waals surface area contributed by atoms with Gasteiger partial charge in [-0.15, -0.1) is 0 Å². The van der Waals surface area contributed by atoms with E-state index in [1.165, 1.54) is 6.20 Å².